The third-order valence-electron chi connectivity index (χ3n) is 3.96. The molecule has 0 saturated carbocycles. The molecular weight excluding hydrogens is 441 g/mol. The number of nitrogens with zero attached hydrogens (tertiary/aromatic N) is 6. The molecule has 0 aliphatic heterocycles. The average molecular weight is 453 g/mol. The van der Waals surface area contributed by atoms with Crippen LogP contribution < -0.4 is 4.74 Å². The van der Waals surface area contributed by atoms with Crippen molar-refractivity contribution in [3.63, 3.8) is 0 Å². The molecule has 0 aliphatic carbocycles. The van der Waals surface area contributed by atoms with Crippen LogP contribution in [0.2, 0.25) is 0 Å². The van der Waals surface area contributed by atoms with Crippen LogP contribution in [0.1, 0.15) is 11.4 Å². The van der Waals surface area contributed by atoms with Gasteiger partial charge in [-0.15, -0.1) is 5.10 Å². The minimum atomic E-state index is -4.66. The highest BCUT2D eigenvalue weighted by atomic mass is 79.9. The lowest BCUT2D eigenvalue weighted by molar-refractivity contribution is -0.144. The van der Waals surface area contributed by atoms with Crippen molar-refractivity contribution in [2.24, 2.45) is 0 Å². The van der Waals surface area contributed by atoms with E-state index in [0.29, 0.717) is 16.0 Å². The van der Waals surface area contributed by atoms with Crippen molar-refractivity contribution in [2.75, 3.05) is 7.11 Å². The van der Waals surface area contributed by atoms with Crippen molar-refractivity contribution < 1.29 is 17.9 Å². The van der Waals surface area contributed by atoms with Crippen molar-refractivity contribution in [3.8, 4) is 17.3 Å². The van der Waals surface area contributed by atoms with Gasteiger partial charge in [0.05, 0.1) is 13.7 Å². The first-order chi connectivity index (χ1) is 13.3. The third kappa shape index (κ3) is 3.57. The van der Waals surface area contributed by atoms with E-state index in [2.05, 4.69) is 36.0 Å². The highest BCUT2D eigenvalue weighted by Crippen LogP contribution is 2.29. The highest BCUT2D eigenvalue weighted by molar-refractivity contribution is 9.10. The Morgan fingerprint density at radius 2 is 1.89 bits per heavy atom. The lowest BCUT2D eigenvalue weighted by Crippen LogP contribution is -2.09. The molecule has 3 heterocycles. The van der Waals surface area contributed by atoms with Gasteiger partial charge in [0, 0.05) is 12.3 Å². The van der Waals surface area contributed by atoms with E-state index in [0.717, 1.165) is 5.56 Å². The summed E-state index contributed by atoms with van der Waals surface area (Å²) in [5.41, 5.74) is 1.52. The molecule has 0 amide bonds. The molecule has 28 heavy (non-hydrogen) atoms. The Morgan fingerprint density at radius 3 is 2.57 bits per heavy atom. The van der Waals surface area contributed by atoms with E-state index in [4.69, 9.17) is 4.74 Å². The average Bonchev–Trinajstić information content (AvgIpc) is 3.25. The molecule has 0 aliphatic rings. The molecule has 4 rings (SSSR count). The number of hydrogen-bond acceptors (Lipinski definition) is 5. The van der Waals surface area contributed by atoms with Crippen molar-refractivity contribution in [2.45, 2.75) is 12.7 Å². The first kappa shape index (κ1) is 18.4. The smallest absolute Gasteiger partial charge is 0.453 e. The second-order valence-electron chi connectivity index (χ2n) is 5.87. The lowest BCUT2D eigenvalue weighted by Gasteiger charge is -2.06. The van der Waals surface area contributed by atoms with Crippen LogP contribution in [0.25, 0.3) is 17.2 Å². The molecule has 0 bridgehead atoms. The molecule has 0 fully saturated rings. The molecule has 4 aromatic rings. The number of alkyl halides is 3. The second-order valence-corrected chi connectivity index (χ2v) is 6.68. The summed E-state index contributed by atoms with van der Waals surface area (Å²) >= 11 is 3.24. The molecule has 1 aromatic carbocycles. The van der Waals surface area contributed by atoms with Crippen molar-refractivity contribution in [1.82, 2.24) is 29.1 Å². The van der Waals surface area contributed by atoms with E-state index in [1.165, 1.54) is 18.1 Å². The Labute approximate surface area is 165 Å². The summed E-state index contributed by atoms with van der Waals surface area (Å²) in [6, 6.07) is 8.61. The quantitative estimate of drug-likeness (QED) is 0.440. The molecule has 11 heteroatoms. The zero-order chi connectivity index (χ0) is 19.9. The molecule has 3 aromatic heterocycles. The Balaban J connectivity index is 1.78. The Morgan fingerprint density at radius 1 is 1.14 bits per heavy atom. The fraction of sp³-hybridized carbons (Fsp3) is 0.176. The molecule has 0 N–H and O–H groups in total. The van der Waals surface area contributed by atoms with Crippen LogP contribution in [0.15, 0.2) is 47.5 Å². The molecule has 144 valence electrons. The fourth-order valence-electron chi connectivity index (χ4n) is 2.64. The number of aromatic nitrogens is 6. The Kier molecular flexibility index (Phi) is 4.53. The SMILES string of the molecule is COc1ccc(Cn2nc(C(F)(F)F)nc2-c2cn3cnc(Br)cc3n2)cc1. The predicted octanol–water partition coefficient (Wildman–Crippen LogP) is 3.83. The number of halogens is 4. The summed E-state index contributed by atoms with van der Waals surface area (Å²) in [4.78, 5) is 12.1. The normalized spacial score (nSPS) is 11.9. The summed E-state index contributed by atoms with van der Waals surface area (Å²) in [5.74, 6) is -0.549. The highest BCUT2D eigenvalue weighted by Gasteiger charge is 2.37. The topological polar surface area (TPSA) is 70.1 Å². The van der Waals surface area contributed by atoms with Crippen LogP contribution >= 0.6 is 15.9 Å². The largest absolute Gasteiger partial charge is 0.497 e. The van der Waals surface area contributed by atoms with Crippen LogP contribution in [0.4, 0.5) is 13.2 Å². The van der Waals surface area contributed by atoms with Gasteiger partial charge in [-0.25, -0.2) is 19.6 Å². The van der Waals surface area contributed by atoms with Gasteiger partial charge in [0.15, 0.2) is 5.82 Å². The fourth-order valence-corrected chi connectivity index (χ4v) is 2.94. The van der Waals surface area contributed by atoms with Gasteiger partial charge in [-0.2, -0.15) is 13.2 Å². The van der Waals surface area contributed by atoms with Gasteiger partial charge in [0.2, 0.25) is 0 Å². The van der Waals surface area contributed by atoms with Gasteiger partial charge in [-0.05, 0) is 33.6 Å². The molecule has 0 unspecified atom stereocenters. The predicted molar refractivity (Wildman–Crippen MR) is 96.8 cm³/mol. The standard InChI is InChI=1S/C17H12BrF3N6O/c1-28-11-4-2-10(3-5-11)7-27-15(24-16(25-27)17(19,20)21)12-8-26-9-22-13(18)6-14(26)23-12/h2-6,8-9H,7H2,1H3. The summed E-state index contributed by atoms with van der Waals surface area (Å²) in [6.45, 7) is 0.0955. The minimum Gasteiger partial charge on any atom is -0.497 e. The molecule has 0 spiro atoms. The number of fused-ring (bicyclic) bond motifs is 1. The van der Waals surface area contributed by atoms with Crippen molar-refractivity contribution >= 4 is 21.6 Å². The maximum atomic E-state index is 13.2. The molecule has 7 nitrogen and oxygen atoms in total. The first-order valence-electron chi connectivity index (χ1n) is 7.99. The summed E-state index contributed by atoms with van der Waals surface area (Å²) in [6.07, 6.45) is -1.60. The van der Waals surface area contributed by atoms with E-state index in [1.807, 2.05) is 0 Å². The van der Waals surface area contributed by atoms with Gasteiger partial charge >= 0.3 is 6.18 Å². The van der Waals surface area contributed by atoms with E-state index in [1.54, 1.807) is 40.9 Å². The zero-order valence-electron chi connectivity index (χ0n) is 14.4. The summed E-state index contributed by atoms with van der Waals surface area (Å²) in [7, 11) is 1.54. The van der Waals surface area contributed by atoms with Crippen LogP contribution in [-0.4, -0.2) is 36.2 Å². The second kappa shape index (κ2) is 6.89. The summed E-state index contributed by atoms with van der Waals surface area (Å²) in [5, 5.41) is 3.66. The number of ether oxygens (including phenoxy) is 1. The number of imidazole rings is 1. The monoisotopic (exact) mass is 452 g/mol. The maximum absolute atomic E-state index is 13.2. The van der Waals surface area contributed by atoms with Crippen LogP contribution in [0.5, 0.6) is 5.75 Å². The molecular formula is C17H12BrF3N6O. The third-order valence-corrected chi connectivity index (χ3v) is 4.39. The zero-order valence-corrected chi connectivity index (χ0v) is 15.9. The number of rotatable bonds is 4. The van der Waals surface area contributed by atoms with Crippen molar-refractivity contribution in [3.05, 3.63) is 58.8 Å². The van der Waals surface area contributed by atoms with Crippen LogP contribution in [0.3, 0.4) is 0 Å². The van der Waals surface area contributed by atoms with E-state index < -0.39 is 12.0 Å². The summed E-state index contributed by atoms with van der Waals surface area (Å²) < 4.78 is 48.0. The molecule has 0 atom stereocenters. The molecule has 0 saturated heterocycles. The minimum absolute atomic E-state index is 0.0166. The number of benzene rings is 1. The van der Waals surface area contributed by atoms with Gasteiger partial charge in [-0.1, -0.05) is 12.1 Å². The molecule has 0 radical (unpaired) electrons. The lowest BCUT2D eigenvalue weighted by atomic mass is 10.2. The van der Waals surface area contributed by atoms with E-state index >= 15 is 0 Å². The van der Waals surface area contributed by atoms with Gasteiger partial charge < -0.3 is 4.74 Å². The van der Waals surface area contributed by atoms with Gasteiger partial charge in [0.1, 0.15) is 28.0 Å². The van der Waals surface area contributed by atoms with E-state index in [-0.39, 0.29) is 18.1 Å². The maximum Gasteiger partial charge on any atom is 0.453 e. The van der Waals surface area contributed by atoms with Crippen LogP contribution in [0, 0.1) is 0 Å². The van der Waals surface area contributed by atoms with Gasteiger partial charge in [-0.3, -0.25) is 4.40 Å². The Hall–Kier alpha value is -2.95. The Bertz CT molecular complexity index is 1140. The van der Waals surface area contributed by atoms with E-state index in [9.17, 15) is 13.2 Å². The first-order valence-corrected chi connectivity index (χ1v) is 8.78. The van der Waals surface area contributed by atoms with Gasteiger partial charge in [0.25, 0.3) is 5.82 Å². The van der Waals surface area contributed by atoms with Crippen LogP contribution in [-0.2, 0) is 12.7 Å². The van der Waals surface area contributed by atoms with Crippen molar-refractivity contribution in [1.29, 1.82) is 0 Å². The number of hydrogen-bond donors (Lipinski definition) is 0. The number of methoxy groups -OCH3 is 1.